The number of rotatable bonds is 5. The van der Waals surface area contributed by atoms with Crippen molar-refractivity contribution in [3.05, 3.63) is 100 Å². The molecule has 6 aromatic rings. The van der Waals surface area contributed by atoms with Crippen LogP contribution >= 0.6 is 0 Å². The lowest BCUT2D eigenvalue weighted by molar-refractivity contribution is 0.412. The van der Waals surface area contributed by atoms with Gasteiger partial charge in [0.25, 0.3) is 5.56 Å². The normalized spacial score (nSPS) is 11.4. The van der Waals surface area contributed by atoms with E-state index >= 15 is 0 Å². The number of para-hydroxylation sites is 2. The lowest BCUT2D eigenvalue weighted by Crippen LogP contribution is -2.25. The van der Waals surface area contributed by atoms with Crippen molar-refractivity contribution in [3.8, 4) is 28.4 Å². The molecule has 0 saturated heterocycles. The molecule has 0 fully saturated rings. The van der Waals surface area contributed by atoms with Crippen molar-refractivity contribution in [1.82, 2.24) is 24.3 Å². The van der Waals surface area contributed by atoms with Gasteiger partial charge >= 0.3 is 0 Å². The number of nitrogens with two attached hydrogens (primary N) is 1. The van der Waals surface area contributed by atoms with Gasteiger partial charge in [-0.25, -0.2) is 19.0 Å². The number of aromatic nitrogens is 5. The second-order valence-electron chi connectivity index (χ2n) is 9.15. The van der Waals surface area contributed by atoms with Crippen LogP contribution in [0.25, 0.3) is 38.8 Å². The molecule has 6 rings (SSSR count). The average molecular weight is 523 g/mol. The Kier molecular flexibility index (Phi) is 5.72. The van der Waals surface area contributed by atoms with E-state index in [0.29, 0.717) is 44.8 Å². The van der Waals surface area contributed by atoms with Gasteiger partial charge in [-0.05, 0) is 48.2 Å². The van der Waals surface area contributed by atoms with Crippen LogP contribution in [0.1, 0.15) is 11.3 Å². The number of nitrogens with zero attached hydrogens (tertiary/aromatic N) is 5. The third kappa shape index (κ3) is 4.02. The molecule has 3 N–H and O–H groups in total. The van der Waals surface area contributed by atoms with Gasteiger partial charge in [-0.3, -0.25) is 9.36 Å². The molecule has 3 heterocycles. The number of ether oxygens (including phenoxy) is 1. The maximum atomic E-state index is 14.2. The second kappa shape index (κ2) is 9.25. The molecule has 0 unspecified atom stereocenters. The number of methoxy groups -OCH3 is 1. The molecule has 10 heteroatoms. The van der Waals surface area contributed by atoms with E-state index in [2.05, 4.69) is 9.97 Å². The van der Waals surface area contributed by atoms with Crippen LogP contribution in [0, 0.1) is 12.7 Å². The molecule has 194 valence electrons. The number of aryl methyl sites for hydroxylation is 1. The van der Waals surface area contributed by atoms with Gasteiger partial charge in [0, 0.05) is 17.3 Å². The van der Waals surface area contributed by atoms with E-state index in [1.807, 2.05) is 49.4 Å². The Labute approximate surface area is 221 Å². The lowest BCUT2D eigenvalue weighted by Gasteiger charge is -2.18. The summed E-state index contributed by atoms with van der Waals surface area (Å²) in [5.41, 5.74) is 9.07. The molecule has 0 atom stereocenters. The zero-order chi connectivity index (χ0) is 27.3. The first-order valence-corrected chi connectivity index (χ1v) is 12.1. The minimum atomic E-state index is -0.627. The third-order valence-electron chi connectivity index (χ3n) is 6.68. The van der Waals surface area contributed by atoms with Crippen LogP contribution in [0.2, 0.25) is 0 Å². The number of phenols is 1. The monoisotopic (exact) mass is 522 g/mol. The summed E-state index contributed by atoms with van der Waals surface area (Å²) in [4.78, 5) is 22.5. The first-order valence-electron chi connectivity index (χ1n) is 12.1. The summed E-state index contributed by atoms with van der Waals surface area (Å²) in [7, 11) is 1.55. The quantitative estimate of drug-likeness (QED) is 0.340. The molecular formula is C29H23FN6O3. The van der Waals surface area contributed by atoms with Crippen LogP contribution in [0.15, 0.2) is 77.9 Å². The molecule has 0 bridgehead atoms. The highest BCUT2D eigenvalue weighted by atomic mass is 19.1. The first kappa shape index (κ1) is 24.1. The number of aromatic hydroxyl groups is 1. The van der Waals surface area contributed by atoms with Gasteiger partial charge in [-0.1, -0.05) is 30.3 Å². The Morgan fingerprint density at radius 2 is 1.85 bits per heavy atom. The number of halogens is 1. The Hall–Kier alpha value is -5.25. The van der Waals surface area contributed by atoms with Crippen molar-refractivity contribution >= 4 is 27.6 Å². The first-order chi connectivity index (χ1) is 18.9. The number of pyridine rings is 1. The van der Waals surface area contributed by atoms with Gasteiger partial charge in [0.15, 0.2) is 5.65 Å². The van der Waals surface area contributed by atoms with Crippen LogP contribution in [0.5, 0.6) is 11.5 Å². The van der Waals surface area contributed by atoms with E-state index in [1.54, 1.807) is 22.4 Å². The molecule has 9 nitrogen and oxygen atoms in total. The van der Waals surface area contributed by atoms with Crippen LogP contribution in [0.3, 0.4) is 0 Å². The molecule has 0 amide bonds. The fourth-order valence-electron chi connectivity index (χ4n) is 4.99. The SMILES string of the molecule is COc1ccccc1-n1c(Cn2nc(-c3cc(O)cc(F)c3)c3c(N)ncnc32)cc2cccc(C)c2c1=O. The highest BCUT2D eigenvalue weighted by Crippen LogP contribution is 2.33. The molecule has 0 spiro atoms. The van der Waals surface area contributed by atoms with Crippen molar-refractivity contribution < 1.29 is 14.2 Å². The predicted octanol–water partition coefficient (Wildman–Crippen LogP) is 4.59. The van der Waals surface area contributed by atoms with E-state index in [9.17, 15) is 14.3 Å². The van der Waals surface area contributed by atoms with Gasteiger partial charge < -0.3 is 15.6 Å². The molecule has 39 heavy (non-hydrogen) atoms. The maximum Gasteiger partial charge on any atom is 0.263 e. The van der Waals surface area contributed by atoms with E-state index < -0.39 is 5.82 Å². The number of fused-ring (bicyclic) bond motifs is 2. The van der Waals surface area contributed by atoms with Crippen LogP contribution < -0.4 is 16.0 Å². The summed E-state index contributed by atoms with van der Waals surface area (Å²) in [5, 5.41) is 16.5. The Morgan fingerprint density at radius 3 is 2.64 bits per heavy atom. The fraction of sp³-hybridized carbons (Fsp3) is 0.103. The molecule has 0 aliphatic carbocycles. The summed E-state index contributed by atoms with van der Waals surface area (Å²) >= 11 is 0. The highest BCUT2D eigenvalue weighted by molar-refractivity contribution is 5.98. The Balaban J connectivity index is 1.63. The van der Waals surface area contributed by atoms with E-state index in [4.69, 9.17) is 15.6 Å². The van der Waals surface area contributed by atoms with E-state index in [1.165, 1.54) is 18.5 Å². The molecule has 3 aromatic carbocycles. The van der Waals surface area contributed by atoms with Gasteiger partial charge in [0.2, 0.25) is 0 Å². The molecule has 0 saturated carbocycles. The lowest BCUT2D eigenvalue weighted by atomic mass is 10.1. The van der Waals surface area contributed by atoms with Crippen molar-refractivity contribution in [1.29, 1.82) is 0 Å². The minimum Gasteiger partial charge on any atom is -0.508 e. The second-order valence-corrected chi connectivity index (χ2v) is 9.15. The summed E-state index contributed by atoms with van der Waals surface area (Å²) in [6, 6.07) is 18.6. The van der Waals surface area contributed by atoms with Gasteiger partial charge in [0.05, 0.1) is 30.1 Å². The minimum absolute atomic E-state index is 0.116. The molecule has 0 aliphatic heterocycles. The van der Waals surface area contributed by atoms with E-state index in [0.717, 1.165) is 17.0 Å². The number of nitrogen functional groups attached to an aromatic ring is 1. The zero-order valence-corrected chi connectivity index (χ0v) is 21.1. The summed E-state index contributed by atoms with van der Waals surface area (Å²) in [5.74, 6) is -0.195. The average Bonchev–Trinajstić information content (AvgIpc) is 3.28. The fourth-order valence-corrected chi connectivity index (χ4v) is 4.99. The van der Waals surface area contributed by atoms with Gasteiger partial charge in [-0.2, -0.15) is 5.10 Å². The predicted molar refractivity (Wildman–Crippen MR) is 147 cm³/mol. The zero-order valence-electron chi connectivity index (χ0n) is 21.1. The molecule has 0 aliphatic rings. The number of phenolic OH excluding ortho intramolecular Hbond substituents is 1. The number of hydrogen-bond acceptors (Lipinski definition) is 7. The summed E-state index contributed by atoms with van der Waals surface area (Å²) in [6.45, 7) is 2.02. The number of hydrogen-bond donors (Lipinski definition) is 2. The summed E-state index contributed by atoms with van der Waals surface area (Å²) < 4.78 is 23.0. The van der Waals surface area contributed by atoms with Crippen molar-refractivity contribution in [3.63, 3.8) is 0 Å². The van der Waals surface area contributed by atoms with Crippen molar-refractivity contribution in [2.24, 2.45) is 0 Å². The topological polar surface area (TPSA) is 121 Å². The third-order valence-corrected chi connectivity index (χ3v) is 6.68. The van der Waals surface area contributed by atoms with Crippen LogP contribution in [0.4, 0.5) is 10.2 Å². The van der Waals surface area contributed by atoms with Crippen molar-refractivity contribution in [2.45, 2.75) is 13.5 Å². The molecular weight excluding hydrogens is 499 g/mol. The largest absolute Gasteiger partial charge is 0.508 e. The molecule has 0 radical (unpaired) electrons. The molecule has 3 aromatic heterocycles. The summed E-state index contributed by atoms with van der Waals surface area (Å²) in [6.07, 6.45) is 1.32. The van der Waals surface area contributed by atoms with E-state index in [-0.39, 0.29) is 23.7 Å². The van der Waals surface area contributed by atoms with Gasteiger partial charge in [-0.15, -0.1) is 0 Å². The number of anilines is 1. The maximum absolute atomic E-state index is 14.2. The smallest absolute Gasteiger partial charge is 0.263 e. The Bertz CT molecular complexity index is 1940. The van der Waals surface area contributed by atoms with Gasteiger partial charge in [0.1, 0.15) is 35.2 Å². The standard InChI is InChI=1S/C29H23FN6O3/c1-16-6-5-7-17-11-20(36(29(38)24(16)17)22-8-3-4-9-23(22)39-2)14-35-28-25(27(31)32-15-33-28)26(34-35)18-10-19(30)13-21(37)12-18/h3-13,15,37H,14H2,1-2H3,(H2,31,32,33). The van der Waals surface area contributed by atoms with Crippen molar-refractivity contribution in [2.75, 3.05) is 12.8 Å². The Morgan fingerprint density at radius 1 is 1.03 bits per heavy atom. The van der Waals surface area contributed by atoms with Crippen LogP contribution in [-0.4, -0.2) is 36.5 Å². The number of benzene rings is 3. The van der Waals surface area contributed by atoms with Crippen LogP contribution in [-0.2, 0) is 6.54 Å². The highest BCUT2D eigenvalue weighted by Gasteiger charge is 2.21.